The quantitative estimate of drug-likeness (QED) is 0.273. The third kappa shape index (κ3) is 5.67. The molecule has 92 valence electrons. The van der Waals surface area contributed by atoms with Gasteiger partial charge in [-0.15, -0.1) is 0 Å². The Morgan fingerprint density at radius 3 is 2.61 bits per heavy atom. The molecule has 0 aromatic heterocycles. The van der Waals surface area contributed by atoms with Gasteiger partial charge in [0.2, 0.25) is 0 Å². The number of nitrogens with zero attached hydrogens (tertiary/aromatic N) is 3. The van der Waals surface area contributed by atoms with Crippen LogP contribution in [0.15, 0.2) is 35.3 Å². The third-order valence-corrected chi connectivity index (χ3v) is 2.47. The van der Waals surface area contributed by atoms with Crippen molar-refractivity contribution < 1.29 is 0 Å². The van der Waals surface area contributed by atoms with E-state index in [1.54, 1.807) is 6.19 Å². The van der Waals surface area contributed by atoms with Crippen LogP contribution in [0.25, 0.3) is 0 Å². The molecule has 0 saturated heterocycles. The Morgan fingerprint density at radius 2 is 1.94 bits per heavy atom. The Morgan fingerprint density at radius 1 is 1.17 bits per heavy atom. The summed E-state index contributed by atoms with van der Waals surface area (Å²) in [5, 5.41) is 19.4. The summed E-state index contributed by atoms with van der Waals surface area (Å²) in [6.07, 6.45) is 4.99. The van der Waals surface area contributed by atoms with Crippen molar-refractivity contribution in [2.75, 3.05) is 6.54 Å². The zero-order valence-corrected chi connectivity index (χ0v) is 10.3. The van der Waals surface area contributed by atoms with Gasteiger partial charge in [-0.2, -0.15) is 10.5 Å². The van der Waals surface area contributed by atoms with E-state index in [0.29, 0.717) is 12.4 Å². The summed E-state index contributed by atoms with van der Waals surface area (Å²) in [5.74, 6) is 0.458. The summed E-state index contributed by atoms with van der Waals surface area (Å²) in [4.78, 5) is 4.19. The molecule has 18 heavy (non-hydrogen) atoms. The summed E-state index contributed by atoms with van der Waals surface area (Å²) in [7, 11) is 0. The zero-order valence-electron chi connectivity index (χ0n) is 10.3. The first kappa shape index (κ1) is 13.7. The van der Waals surface area contributed by atoms with Crippen LogP contribution < -0.4 is 5.32 Å². The number of rotatable bonds is 6. The van der Waals surface area contributed by atoms with E-state index in [0.717, 1.165) is 19.3 Å². The van der Waals surface area contributed by atoms with Crippen LogP contribution in [0.4, 0.5) is 0 Å². The van der Waals surface area contributed by atoms with Gasteiger partial charge in [0.15, 0.2) is 6.19 Å². The van der Waals surface area contributed by atoms with Gasteiger partial charge in [-0.1, -0.05) is 30.3 Å². The monoisotopic (exact) mass is 240 g/mol. The lowest BCUT2D eigenvalue weighted by molar-refractivity contribution is 0.743. The van der Waals surface area contributed by atoms with Crippen LogP contribution in [0.5, 0.6) is 0 Å². The minimum absolute atomic E-state index is 0.159. The molecule has 1 aromatic rings. The maximum atomic E-state index is 8.53. The molecule has 0 fully saturated rings. The smallest absolute Gasteiger partial charge is 0.182 e. The highest BCUT2D eigenvalue weighted by Gasteiger charge is 1.96. The van der Waals surface area contributed by atoms with Crippen molar-refractivity contribution in [3.05, 3.63) is 35.9 Å². The number of unbranched alkanes of at least 4 members (excludes halogenated alkanes) is 1. The molecule has 0 aliphatic carbocycles. The summed E-state index contributed by atoms with van der Waals surface area (Å²) >= 11 is 0. The van der Waals surface area contributed by atoms with Gasteiger partial charge in [0.05, 0.1) is 12.5 Å². The Hall–Kier alpha value is -2.33. The summed E-state index contributed by atoms with van der Waals surface area (Å²) in [5.41, 5.74) is 1.33. The maximum absolute atomic E-state index is 8.53. The molecule has 0 heterocycles. The molecule has 4 heteroatoms. The van der Waals surface area contributed by atoms with E-state index >= 15 is 0 Å². The third-order valence-electron chi connectivity index (χ3n) is 2.47. The van der Waals surface area contributed by atoms with E-state index in [1.807, 2.05) is 24.3 Å². The van der Waals surface area contributed by atoms with Gasteiger partial charge < -0.3 is 0 Å². The van der Waals surface area contributed by atoms with Crippen LogP contribution in [0.1, 0.15) is 24.8 Å². The van der Waals surface area contributed by atoms with Gasteiger partial charge in [0, 0.05) is 6.54 Å². The first-order valence-corrected chi connectivity index (χ1v) is 5.96. The minimum Gasteiger partial charge on any atom is -0.280 e. The number of aliphatic imine (C=N–C) groups is 1. The SMILES string of the molecule is N#CCC(=NCCCCc1ccccc1)NC#N. The van der Waals surface area contributed by atoms with Crippen molar-refractivity contribution in [1.29, 1.82) is 10.5 Å². The topological polar surface area (TPSA) is 72.0 Å². The van der Waals surface area contributed by atoms with E-state index in [1.165, 1.54) is 5.56 Å². The fourth-order valence-electron chi connectivity index (χ4n) is 1.58. The summed E-state index contributed by atoms with van der Waals surface area (Å²) in [6.45, 7) is 0.651. The molecule has 0 bridgehead atoms. The van der Waals surface area contributed by atoms with Gasteiger partial charge >= 0.3 is 0 Å². The van der Waals surface area contributed by atoms with Crippen LogP contribution in [0.3, 0.4) is 0 Å². The number of aryl methyl sites for hydroxylation is 1. The van der Waals surface area contributed by atoms with Crippen molar-refractivity contribution in [3.63, 3.8) is 0 Å². The van der Waals surface area contributed by atoms with Crippen LogP contribution in [-0.4, -0.2) is 12.4 Å². The van der Waals surface area contributed by atoms with Gasteiger partial charge in [0.25, 0.3) is 0 Å². The zero-order chi connectivity index (χ0) is 13.1. The first-order valence-electron chi connectivity index (χ1n) is 5.96. The van der Waals surface area contributed by atoms with Crippen LogP contribution in [0.2, 0.25) is 0 Å². The molecule has 0 atom stereocenters. The standard InChI is InChI=1S/C14H16N4/c15-10-9-14(18-12-16)17-11-5-4-8-13-6-2-1-3-7-13/h1-3,6-7H,4-5,8-9,11H2,(H,17,18). The van der Waals surface area contributed by atoms with Crippen LogP contribution in [0, 0.1) is 22.8 Å². The molecule has 0 unspecified atom stereocenters. The fraction of sp³-hybridized carbons (Fsp3) is 0.357. The molecule has 4 nitrogen and oxygen atoms in total. The number of nitrogens with one attached hydrogen (secondary N) is 1. The second kappa shape index (κ2) is 8.78. The molecule has 0 spiro atoms. The van der Waals surface area contributed by atoms with Gasteiger partial charge in [-0.25, -0.2) is 0 Å². The highest BCUT2D eigenvalue weighted by Crippen LogP contribution is 2.04. The van der Waals surface area contributed by atoms with E-state index in [4.69, 9.17) is 10.5 Å². The lowest BCUT2D eigenvalue weighted by Crippen LogP contribution is -2.17. The van der Waals surface area contributed by atoms with Gasteiger partial charge in [-0.3, -0.25) is 10.3 Å². The number of amidine groups is 1. The number of hydrogen-bond acceptors (Lipinski definition) is 3. The molecule has 0 aliphatic rings. The molecular formula is C14H16N4. The molecule has 0 amide bonds. The molecule has 1 aromatic carbocycles. The Balaban J connectivity index is 2.23. The molecule has 1 N–H and O–H groups in total. The molecule has 0 saturated carbocycles. The largest absolute Gasteiger partial charge is 0.280 e. The van der Waals surface area contributed by atoms with Gasteiger partial charge in [-0.05, 0) is 24.8 Å². The number of hydrogen-bond donors (Lipinski definition) is 1. The van der Waals surface area contributed by atoms with Crippen molar-refractivity contribution in [2.45, 2.75) is 25.7 Å². The molecule has 0 aliphatic heterocycles. The van der Waals surface area contributed by atoms with E-state index in [2.05, 4.69) is 22.4 Å². The van der Waals surface area contributed by atoms with E-state index < -0.39 is 0 Å². The van der Waals surface area contributed by atoms with Crippen LogP contribution in [-0.2, 0) is 6.42 Å². The average molecular weight is 240 g/mol. The fourth-order valence-corrected chi connectivity index (χ4v) is 1.58. The van der Waals surface area contributed by atoms with Crippen molar-refractivity contribution >= 4 is 5.84 Å². The highest BCUT2D eigenvalue weighted by atomic mass is 15.0. The highest BCUT2D eigenvalue weighted by molar-refractivity contribution is 5.85. The van der Waals surface area contributed by atoms with E-state index in [-0.39, 0.29) is 6.42 Å². The lowest BCUT2D eigenvalue weighted by Gasteiger charge is -2.01. The van der Waals surface area contributed by atoms with Crippen molar-refractivity contribution in [1.82, 2.24) is 5.32 Å². The maximum Gasteiger partial charge on any atom is 0.182 e. The second-order valence-electron chi connectivity index (χ2n) is 3.84. The predicted octanol–water partition coefficient (Wildman–Crippen LogP) is 2.39. The van der Waals surface area contributed by atoms with Crippen LogP contribution >= 0.6 is 0 Å². The average Bonchev–Trinajstić information content (AvgIpc) is 2.40. The van der Waals surface area contributed by atoms with Crippen molar-refractivity contribution in [2.24, 2.45) is 4.99 Å². The number of benzene rings is 1. The Labute approximate surface area is 108 Å². The Bertz CT molecular complexity index is 433. The molecule has 0 radical (unpaired) electrons. The Kier molecular flexibility index (Phi) is 6.70. The second-order valence-corrected chi connectivity index (χ2v) is 3.84. The van der Waals surface area contributed by atoms with E-state index in [9.17, 15) is 0 Å². The summed E-state index contributed by atoms with van der Waals surface area (Å²) in [6, 6.07) is 12.3. The summed E-state index contributed by atoms with van der Waals surface area (Å²) < 4.78 is 0. The molecule has 1 rings (SSSR count). The van der Waals surface area contributed by atoms with Gasteiger partial charge in [0.1, 0.15) is 5.84 Å². The lowest BCUT2D eigenvalue weighted by atomic mass is 10.1. The number of nitriles is 2. The first-order chi connectivity index (χ1) is 8.86. The van der Waals surface area contributed by atoms with Crippen molar-refractivity contribution in [3.8, 4) is 12.3 Å². The minimum atomic E-state index is 0.159. The molecular weight excluding hydrogens is 224 g/mol. The normalized spacial score (nSPS) is 10.4. The predicted molar refractivity (Wildman–Crippen MR) is 70.7 cm³/mol.